The van der Waals surface area contributed by atoms with Crippen LogP contribution in [-0.4, -0.2) is 72.6 Å². The smallest absolute Gasteiger partial charge is 0.414 e. The number of amides is 2. The summed E-state index contributed by atoms with van der Waals surface area (Å²) in [5.41, 5.74) is 2.88. The summed E-state index contributed by atoms with van der Waals surface area (Å²) in [6, 6.07) is 36.4. The molecule has 1 aliphatic rings. The van der Waals surface area contributed by atoms with Crippen molar-refractivity contribution < 1.29 is 43.1 Å². The van der Waals surface area contributed by atoms with Crippen LogP contribution >= 0.6 is 0 Å². The van der Waals surface area contributed by atoms with Gasteiger partial charge in [-0.15, -0.1) is 0 Å². The van der Waals surface area contributed by atoms with E-state index in [4.69, 9.17) is 28.4 Å². The number of benzene rings is 4. The van der Waals surface area contributed by atoms with Crippen LogP contribution in [-0.2, 0) is 59.6 Å². The van der Waals surface area contributed by atoms with Gasteiger partial charge in [-0.25, -0.2) is 4.79 Å². The first-order valence-corrected chi connectivity index (χ1v) is 17.8. The zero-order chi connectivity index (χ0) is 37.5. The Hall–Kier alpha value is -4.46. The predicted octanol–water partition coefficient (Wildman–Crippen LogP) is 5.69. The monoisotopic (exact) mass is 726 g/mol. The minimum absolute atomic E-state index is 0.0894. The second-order valence-corrected chi connectivity index (χ2v) is 13.8. The predicted molar refractivity (Wildman–Crippen MR) is 198 cm³/mol. The molecule has 282 valence electrons. The second-order valence-electron chi connectivity index (χ2n) is 13.8. The molecular formula is C42H50N2O9. The molecule has 1 heterocycles. The van der Waals surface area contributed by atoms with E-state index in [1.54, 1.807) is 20.8 Å². The van der Waals surface area contributed by atoms with Crippen molar-refractivity contribution in [2.75, 3.05) is 13.2 Å². The summed E-state index contributed by atoms with van der Waals surface area (Å²) in [5, 5.41) is 17.2. The fourth-order valence-corrected chi connectivity index (χ4v) is 5.82. The van der Waals surface area contributed by atoms with Crippen LogP contribution in [0.2, 0.25) is 0 Å². The van der Waals surface area contributed by atoms with E-state index in [9.17, 15) is 14.7 Å². The molecule has 11 nitrogen and oxygen atoms in total. The molecule has 4 aromatic rings. The highest BCUT2D eigenvalue weighted by Crippen LogP contribution is 2.28. The standard InChI is InChI=1S/C42H50N2O9/c1-42(2,3)53-41(47)44-39(45)34(28-48-24-30-16-8-4-9-17-30)43-36-38(51-27-33-22-14-7-15-23-33)37(50-26-32-20-12-6-13-21-32)35(52-40(36)46)29-49-25-31-18-10-5-11-19-31/h4-23,34-38,40,43,46H,24-29H2,1-3H3,(H,44,45,47)/t34-,35+,36+,37+,38+,40-/m0/s1. The Balaban J connectivity index is 1.41. The quantitative estimate of drug-likeness (QED) is 0.125. The maximum Gasteiger partial charge on any atom is 0.414 e. The number of carbonyl (C=O) groups excluding carboxylic acids is 2. The van der Waals surface area contributed by atoms with Crippen molar-refractivity contribution in [3.05, 3.63) is 144 Å². The van der Waals surface area contributed by atoms with Gasteiger partial charge in [-0.05, 0) is 43.0 Å². The molecule has 1 saturated heterocycles. The molecule has 0 bridgehead atoms. The molecule has 6 atom stereocenters. The molecular weight excluding hydrogens is 676 g/mol. The fourth-order valence-electron chi connectivity index (χ4n) is 5.82. The first-order chi connectivity index (χ1) is 25.6. The largest absolute Gasteiger partial charge is 0.444 e. The van der Waals surface area contributed by atoms with Crippen molar-refractivity contribution in [2.45, 2.75) is 89.5 Å². The summed E-state index contributed by atoms with van der Waals surface area (Å²) in [7, 11) is 0. The van der Waals surface area contributed by atoms with E-state index in [2.05, 4.69) is 10.6 Å². The fraction of sp³-hybridized carbons (Fsp3) is 0.381. The second kappa shape index (κ2) is 20.1. The number of aliphatic hydroxyl groups is 1. The van der Waals surface area contributed by atoms with E-state index in [1.165, 1.54) is 0 Å². The SMILES string of the molecule is CC(C)(C)OC(=O)NC(=O)[C@H](COCc1ccccc1)N[C@@H]1[C@@H](OCc2ccccc2)[C@H](OCc2ccccc2)[C@@H](COCc2ccccc2)O[C@@H]1O. The number of aliphatic hydroxyl groups excluding tert-OH is 1. The number of nitrogens with one attached hydrogen (secondary N) is 2. The van der Waals surface area contributed by atoms with Crippen LogP contribution in [0.5, 0.6) is 0 Å². The first-order valence-electron chi connectivity index (χ1n) is 17.8. The van der Waals surface area contributed by atoms with E-state index in [1.807, 2.05) is 121 Å². The van der Waals surface area contributed by atoms with Crippen molar-refractivity contribution in [3.8, 4) is 0 Å². The van der Waals surface area contributed by atoms with Crippen LogP contribution in [0.3, 0.4) is 0 Å². The minimum Gasteiger partial charge on any atom is -0.444 e. The summed E-state index contributed by atoms with van der Waals surface area (Å²) < 4.78 is 36.8. The number of rotatable bonds is 17. The molecule has 3 N–H and O–H groups in total. The van der Waals surface area contributed by atoms with E-state index in [-0.39, 0.29) is 33.0 Å². The molecule has 0 aliphatic carbocycles. The maximum absolute atomic E-state index is 13.7. The summed E-state index contributed by atoms with van der Waals surface area (Å²) >= 11 is 0. The summed E-state index contributed by atoms with van der Waals surface area (Å²) in [6.07, 6.45) is -4.76. The van der Waals surface area contributed by atoms with Crippen molar-refractivity contribution in [3.63, 3.8) is 0 Å². The number of hydrogen-bond donors (Lipinski definition) is 3. The first kappa shape index (κ1) is 39.7. The van der Waals surface area contributed by atoms with Gasteiger partial charge >= 0.3 is 6.09 Å². The Kier molecular flexibility index (Phi) is 15.1. The molecule has 0 saturated carbocycles. The third-order valence-corrected chi connectivity index (χ3v) is 8.36. The van der Waals surface area contributed by atoms with Gasteiger partial charge < -0.3 is 33.5 Å². The van der Waals surface area contributed by atoms with Gasteiger partial charge in [-0.2, -0.15) is 0 Å². The number of hydrogen-bond acceptors (Lipinski definition) is 10. The molecule has 11 heteroatoms. The number of carbonyl (C=O) groups is 2. The molecule has 0 radical (unpaired) electrons. The Bertz CT molecular complexity index is 1660. The summed E-state index contributed by atoms with van der Waals surface area (Å²) in [5.74, 6) is -0.712. The van der Waals surface area contributed by atoms with Crippen molar-refractivity contribution >= 4 is 12.0 Å². The molecule has 0 unspecified atom stereocenters. The van der Waals surface area contributed by atoms with E-state index in [0.29, 0.717) is 6.61 Å². The number of ether oxygens (including phenoxy) is 6. The Morgan fingerprint density at radius 1 is 0.679 bits per heavy atom. The molecule has 2 amide bonds. The van der Waals surface area contributed by atoms with Gasteiger partial charge in [0, 0.05) is 0 Å². The van der Waals surface area contributed by atoms with Crippen molar-refractivity contribution in [1.82, 2.24) is 10.6 Å². The molecule has 0 aromatic heterocycles. The van der Waals surface area contributed by atoms with Crippen LogP contribution in [0.1, 0.15) is 43.0 Å². The average molecular weight is 727 g/mol. The zero-order valence-electron chi connectivity index (χ0n) is 30.5. The molecule has 1 aliphatic heterocycles. The van der Waals surface area contributed by atoms with E-state index < -0.39 is 54.3 Å². The maximum atomic E-state index is 13.7. The lowest BCUT2D eigenvalue weighted by atomic mass is 9.95. The van der Waals surface area contributed by atoms with Gasteiger partial charge in [-0.1, -0.05) is 121 Å². The molecule has 0 spiro atoms. The third-order valence-electron chi connectivity index (χ3n) is 8.36. The van der Waals surface area contributed by atoms with Gasteiger partial charge in [0.05, 0.1) is 45.7 Å². The number of imide groups is 1. The van der Waals surface area contributed by atoms with Gasteiger partial charge in [0.25, 0.3) is 0 Å². The highest BCUT2D eigenvalue weighted by Gasteiger charge is 2.48. The van der Waals surface area contributed by atoms with Crippen LogP contribution in [0.25, 0.3) is 0 Å². The normalized spacial score (nSPS) is 20.7. The third kappa shape index (κ3) is 13.2. The highest BCUT2D eigenvalue weighted by molar-refractivity contribution is 5.95. The molecule has 5 rings (SSSR count). The average Bonchev–Trinajstić information content (AvgIpc) is 3.15. The molecule has 1 fully saturated rings. The van der Waals surface area contributed by atoms with E-state index >= 15 is 0 Å². The van der Waals surface area contributed by atoms with E-state index in [0.717, 1.165) is 22.3 Å². The minimum atomic E-state index is -1.47. The topological polar surface area (TPSA) is 134 Å². The molecule has 4 aromatic carbocycles. The lowest BCUT2D eigenvalue weighted by Gasteiger charge is -2.45. The Morgan fingerprint density at radius 2 is 1.13 bits per heavy atom. The van der Waals surface area contributed by atoms with Crippen molar-refractivity contribution in [2.24, 2.45) is 0 Å². The summed E-state index contributed by atoms with van der Waals surface area (Å²) in [4.78, 5) is 26.4. The Labute approximate surface area is 311 Å². The highest BCUT2D eigenvalue weighted by atomic mass is 16.7. The van der Waals surface area contributed by atoms with Crippen LogP contribution in [0.4, 0.5) is 4.79 Å². The van der Waals surface area contributed by atoms with Gasteiger partial charge in [0.2, 0.25) is 5.91 Å². The lowest BCUT2D eigenvalue weighted by molar-refractivity contribution is -0.279. The molecule has 53 heavy (non-hydrogen) atoms. The zero-order valence-corrected chi connectivity index (χ0v) is 30.5. The van der Waals surface area contributed by atoms with Crippen molar-refractivity contribution in [1.29, 1.82) is 0 Å². The van der Waals surface area contributed by atoms with Gasteiger partial charge in [0.1, 0.15) is 30.0 Å². The lowest BCUT2D eigenvalue weighted by Crippen LogP contribution is -2.68. The number of alkyl carbamates (subject to hydrolysis) is 1. The van der Waals surface area contributed by atoms with Gasteiger partial charge in [0.15, 0.2) is 6.29 Å². The Morgan fingerprint density at radius 3 is 1.62 bits per heavy atom. The van der Waals surface area contributed by atoms with Crippen LogP contribution < -0.4 is 10.6 Å². The van der Waals surface area contributed by atoms with Gasteiger partial charge in [-0.3, -0.25) is 15.4 Å². The summed E-state index contributed by atoms with van der Waals surface area (Å²) in [6.45, 7) is 5.98. The van der Waals surface area contributed by atoms with Crippen LogP contribution in [0.15, 0.2) is 121 Å². The van der Waals surface area contributed by atoms with Crippen LogP contribution in [0, 0.1) is 0 Å².